The zero-order valence-electron chi connectivity index (χ0n) is 15.6. The molecule has 0 atom stereocenters. The van der Waals surface area contributed by atoms with E-state index in [0.717, 1.165) is 0 Å². The van der Waals surface area contributed by atoms with Crippen molar-refractivity contribution in [2.24, 2.45) is 0 Å². The summed E-state index contributed by atoms with van der Waals surface area (Å²) in [6.45, 7) is -0.390. The molecule has 0 saturated carbocycles. The van der Waals surface area contributed by atoms with E-state index >= 15 is 0 Å². The SMILES string of the molecule is O=C1N(Cc2ccccc2)C=C(C2=CN(Cc3ccccc3)C(=O)C2(F)F)C1(F)F. The van der Waals surface area contributed by atoms with Gasteiger partial charge in [0.05, 0.1) is 24.2 Å². The van der Waals surface area contributed by atoms with Crippen LogP contribution in [-0.2, 0) is 22.7 Å². The number of rotatable bonds is 5. The summed E-state index contributed by atoms with van der Waals surface area (Å²) in [5.74, 6) is -11.5. The number of alkyl halides is 4. The Morgan fingerprint density at radius 3 is 1.27 bits per heavy atom. The topological polar surface area (TPSA) is 40.6 Å². The molecular weight excluding hydrogens is 400 g/mol. The van der Waals surface area contributed by atoms with Gasteiger partial charge in [-0.05, 0) is 11.1 Å². The quantitative estimate of drug-likeness (QED) is 0.689. The third-order valence-corrected chi connectivity index (χ3v) is 4.99. The molecule has 2 heterocycles. The predicted molar refractivity (Wildman–Crippen MR) is 100 cm³/mol. The summed E-state index contributed by atoms with van der Waals surface area (Å²) >= 11 is 0. The lowest BCUT2D eigenvalue weighted by atomic mass is 9.99. The van der Waals surface area contributed by atoms with Gasteiger partial charge in [0.25, 0.3) is 0 Å². The normalized spacial score (nSPS) is 19.9. The van der Waals surface area contributed by atoms with Gasteiger partial charge in [-0.1, -0.05) is 60.7 Å². The molecule has 0 bridgehead atoms. The number of benzene rings is 2. The van der Waals surface area contributed by atoms with Crippen LogP contribution < -0.4 is 0 Å². The van der Waals surface area contributed by atoms with Crippen LogP contribution in [0.5, 0.6) is 0 Å². The molecule has 0 fully saturated rings. The molecule has 0 radical (unpaired) electrons. The van der Waals surface area contributed by atoms with Crippen molar-refractivity contribution in [3.63, 3.8) is 0 Å². The second-order valence-corrected chi connectivity index (χ2v) is 7.07. The molecule has 0 unspecified atom stereocenters. The minimum Gasteiger partial charge on any atom is -0.309 e. The van der Waals surface area contributed by atoms with Crippen molar-refractivity contribution >= 4 is 11.8 Å². The summed E-state index contributed by atoms with van der Waals surface area (Å²) < 4.78 is 58.7. The molecule has 154 valence electrons. The third-order valence-electron chi connectivity index (χ3n) is 4.99. The summed E-state index contributed by atoms with van der Waals surface area (Å²) in [5, 5.41) is 0. The van der Waals surface area contributed by atoms with E-state index in [2.05, 4.69) is 0 Å². The van der Waals surface area contributed by atoms with E-state index in [1.807, 2.05) is 0 Å². The van der Waals surface area contributed by atoms with Crippen LogP contribution in [0.3, 0.4) is 0 Å². The highest BCUT2D eigenvalue weighted by Gasteiger charge is 2.61. The van der Waals surface area contributed by atoms with Crippen LogP contribution in [0, 0.1) is 0 Å². The molecule has 8 heteroatoms. The minimum absolute atomic E-state index is 0.195. The summed E-state index contributed by atoms with van der Waals surface area (Å²) in [6.07, 6.45) is 1.43. The first-order valence-corrected chi connectivity index (χ1v) is 9.12. The molecule has 0 aromatic heterocycles. The zero-order chi connectivity index (χ0) is 21.5. The molecule has 0 saturated heterocycles. The van der Waals surface area contributed by atoms with E-state index in [1.165, 1.54) is 0 Å². The van der Waals surface area contributed by atoms with Crippen LogP contribution in [0.25, 0.3) is 0 Å². The van der Waals surface area contributed by atoms with Crippen molar-refractivity contribution in [2.45, 2.75) is 24.9 Å². The first-order valence-electron chi connectivity index (χ1n) is 9.12. The molecule has 0 aliphatic carbocycles. The second kappa shape index (κ2) is 7.12. The second-order valence-electron chi connectivity index (χ2n) is 7.07. The average molecular weight is 416 g/mol. The van der Waals surface area contributed by atoms with Crippen molar-refractivity contribution in [3.8, 4) is 0 Å². The van der Waals surface area contributed by atoms with E-state index in [9.17, 15) is 27.2 Å². The molecule has 4 nitrogen and oxygen atoms in total. The summed E-state index contributed by atoms with van der Waals surface area (Å²) in [4.78, 5) is 25.8. The number of carbonyl (C=O) groups is 2. The van der Waals surface area contributed by atoms with E-state index < -0.39 is 34.8 Å². The van der Waals surface area contributed by atoms with Gasteiger partial charge in [-0.2, -0.15) is 17.6 Å². The van der Waals surface area contributed by atoms with Crippen molar-refractivity contribution in [2.75, 3.05) is 0 Å². The molecular formula is C22H16F4N2O2. The molecule has 30 heavy (non-hydrogen) atoms. The highest BCUT2D eigenvalue weighted by atomic mass is 19.3. The summed E-state index contributed by atoms with van der Waals surface area (Å²) in [5.41, 5.74) is -1.18. The highest BCUT2D eigenvalue weighted by molar-refractivity contribution is 5.97. The van der Waals surface area contributed by atoms with Gasteiger partial charge in [-0.15, -0.1) is 0 Å². The van der Waals surface area contributed by atoms with Gasteiger partial charge in [-0.25, -0.2) is 0 Å². The number of amides is 2. The van der Waals surface area contributed by atoms with Crippen molar-refractivity contribution in [3.05, 3.63) is 95.3 Å². The largest absolute Gasteiger partial charge is 0.352 e. The maximum atomic E-state index is 14.7. The Labute approximate surface area is 169 Å². The minimum atomic E-state index is -4.16. The van der Waals surface area contributed by atoms with E-state index in [0.29, 0.717) is 33.3 Å². The Balaban J connectivity index is 1.67. The molecule has 4 rings (SSSR count). The third kappa shape index (κ3) is 3.28. The van der Waals surface area contributed by atoms with E-state index in [1.54, 1.807) is 60.7 Å². The Hall–Kier alpha value is -3.42. The summed E-state index contributed by atoms with van der Waals surface area (Å²) in [7, 11) is 0. The monoisotopic (exact) mass is 416 g/mol. The van der Waals surface area contributed by atoms with Gasteiger partial charge < -0.3 is 9.80 Å². The smallest absolute Gasteiger partial charge is 0.309 e. The zero-order valence-corrected chi connectivity index (χ0v) is 15.6. The van der Waals surface area contributed by atoms with Gasteiger partial charge in [0, 0.05) is 12.4 Å². The van der Waals surface area contributed by atoms with Gasteiger partial charge in [0.2, 0.25) is 0 Å². The highest BCUT2D eigenvalue weighted by Crippen LogP contribution is 2.46. The van der Waals surface area contributed by atoms with Gasteiger partial charge >= 0.3 is 23.7 Å². The van der Waals surface area contributed by atoms with Crippen LogP contribution in [0.15, 0.2) is 84.2 Å². The lowest BCUT2D eigenvalue weighted by Gasteiger charge is -2.18. The van der Waals surface area contributed by atoms with Crippen molar-refractivity contribution in [1.82, 2.24) is 9.80 Å². The standard InChI is InChI=1S/C22H16F4N2O2/c23-21(24)17(13-27(19(21)29)11-15-7-3-1-4-8-15)18-14-28(20(30)22(18,25)26)12-16-9-5-2-6-10-16/h1-10,13-14H,11-12H2. The first kappa shape index (κ1) is 19.9. The molecule has 2 aromatic carbocycles. The number of halogens is 4. The maximum absolute atomic E-state index is 14.7. The van der Waals surface area contributed by atoms with Crippen LogP contribution in [0.1, 0.15) is 11.1 Å². The predicted octanol–water partition coefficient (Wildman–Crippen LogP) is 4.11. The lowest BCUT2D eigenvalue weighted by molar-refractivity contribution is -0.149. The van der Waals surface area contributed by atoms with Gasteiger partial charge in [0.1, 0.15) is 0 Å². The van der Waals surface area contributed by atoms with Crippen LogP contribution in [0.4, 0.5) is 17.6 Å². The van der Waals surface area contributed by atoms with Crippen molar-refractivity contribution in [1.29, 1.82) is 0 Å². The van der Waals surface area contributed by atoms with Crippen molar-refractivity contribution < 1.29 is 27.2 Å². The number of nitrogens with zero attached hydrogens (tertiary/aromatic N) is 2. The van der Waals surface area contributed by atoms with Crippen LogP contribution in [0.2, 0.25) is 0 Å². The average Bonchev–Trinajstić information content (AvgIpc) is 3.08. The Kier molecular flexibility index (Phi) is 4.72. The molecule has 2 aromatic rings. The summed E-state index contributed by atoms with van der Waals surface area (Å²) in [6, 6.07) is 16.7. The fourth-order valence-corrected chi connectivity index (χ4v) is 3.45. The maximum Gasteiger partial charge on any atom is 0.352 e. The lowest BCUT2D eigenvalue weighted by Crippen LogP contribution is -2.39. The van der Waals surface area contributed by atoms with E-state index in [-0.39, 0.29) is 13.1 Å². The Morgan fingerprint density at radius 2 is 0.933 bits per heavy atom. The Morgan fingerprint density at radius 1 is 0.600 bits per heavy atom. The fraction of sp³-hybridized carbons (Fsp3) is 0.182. The first-order chi connectivity index (χ1) is 14.2. The Bertz CT molecular complexity index is 964. The number of carbonyl (C=O) groups excluding carboxylic acids is 2. The number of hydrogen-bond donors (Lipinski definition) is 0. The molecule has 2 aliphatic rings. The molecule has 0 N–H and O–H groups in total. The van der Waals surface area contributed by atoms with Crippen LogP contribution >= 0.6 is 0 Å². The van der Waals surface area contributed by atoms with E-state index in [4.69, 9.17) is 0 Å². The van der Waals surface area contributed by atoms with Gasteiger partial charge in [-0.3, -0.25) is 9.59 Å². The molecule has 2 amide bonds. The fourth-order valence-electron chi connectivity index (χ4n) is 3.45. The van der Waals surface area contributed by atoms with Crippen LogP contribution in [-0.4, -0.2) is 33.5 Å². The number of hydrogen-bond acceptors (Lipinski definition) is 2. The molecule has 2 aliphatic heterocycles. The van der Waals surface area contributed by atoms with Gasteiger partial charge in [0.15, 0.2) is 0 Å². The molecule has 0 spiro atoms.